The van der Waals surface area contributed by atoms with Crippen LogP contribution in [0.2, 0.25) is 0 Å². The summed E-state index contributed by atoms with van der Waals surface area (Å²) in [4.78, 5) is 34.5. The van der Waals surface area contributed by atoms with Gasteiger partial charge in [0, 0.05) is 6.04 Å². The van der Waals surface area contributed by atoms with Gasteiger partial charge in [-0.2, -0.15) is 0 Å². The number of hydrogen-bond donors (Lipinski definition) is 8. The third-order valence-electron chi connectivity index (χ3n) is 6.01. The minimum absolute atomic E-state index is 0.0538. The summed E-state index contributed by atoms with van der Waals surface area (Å²) in [5, 5.41) is 53.8. The number of hydrogen-bond acceptors (Lipinski definition) is 11. The van der Waals surface area contributed by atoms with E-state index in [2.05, 4.69) is 10.6 Å². The van der Waals surface area contributed by atoms with Crippen molar-refractivity contribution in [3.63, 3.8) is 0 Å². The second-order valence-corrected chi connectivity index (χ2v) is 11.0. The highest BCUT2D eigenvalue weighted by Gasteiger charge is 2.43. The molecule has 0 bridgehead atoms. The van der Waals surface area contributed by atoms with Crippen molar-refractivity contribution in [3.05, 3.63) is 23.8 Å². The monoisotopic (exact) mass is 534 g/mol. The fraction of sp³-hybridized carbons (Fsp3) is 0.619. The lowest BCUT2D eigenvalue weighted by Gasteiger charge is -2.28. The molecule has 15 heteroatoms. The molecule has 2 heterocycles. The molecular formula is C21H31N2O12P. The van der Waals surface area contributed by atoms with Crippen molar-refractivity contribution in [3.8, 4) is 11.5 Å². The molecule has 1 fully saturated rings. The number of benzene rings is 1. The normalized spacial score (nSPS) is 27.2. The highest BCUT2D eigenvalue weighted by Crippen LogP contribution is 2.44. The first-order valence-electron chi connectivity index (χ1n) is 11.1. The van der Waals surface area contributed by atoms with Crippen molar-refractivity contribution < 1.29 is 58.6 Å². The van der Waals surface area contributed by atoms with Gasteiger partial charge < -0.3 is 55.1 Å². The number of carbonyl (C=O) groups excluding carboxylic acids is 1. The van der Waals surface area contributed by atoms with Gasteiger partial charge in [0.25, 0.3) is 0 Å². The van der Waals surface area contributed by atoms with E-state index in [-0.39, 0.29) is 19.6 Å². The van der Waals surface area contributed by atoms with Crippen LogP contribution in [0.3, 0.4) is 0 Å². The lowest BCUT2D eigenvalue weighted by atomic mass is 10.0. The first-order chi connectivity index (χ1) is 16.8. The Bertz CT molecular complexity index is 1010. The Morgan fingerprint density at radius 2 is 1.92 bits per heavy atom. The number of aliphatic carboxylic acids is 1. The van der Waals surface area contributed by atoms with Crippen LogP contribution >= 0.6 is 7.60 Å². The van der Waals surface area contributed by atoms with Crippen LogP contribution in [0, 0.1) is 0 Å². The third kappa shape index (κ3) is 6.93. The summed E-state index contributed by atoms with van der Waals surface area (Å²) in [5.41, 5.74) is -1.53. The molecule has 1 amide bonds. The van der Waals surface area contributed by atoms with Crippen LogP contribution in [0.15, 0.2) is 18.2 Å². The van der Waals surface area contributed by atoms with E-state index in [1.807, 2.05) is 0 Å². The SMILES string of the molecule is CC(COP(=O)(O)C[C@H](O)C[C@H]1N[C@H](CO)[C@@H](O)[C@@H]1O)(NC(=O)Cc1ccc2c(c1)OCO2)C(=O)O. The van der Waals surface area contributed by atoms with Crippen molar-refractivity contribution in [2.75, 3.05) is 26.2 Å². The third-order valence-corrected chi connectivity index (χ3v) is 7.43. The van der Waals surface area contributed by atoms with Gasteiger partial charge in [-0.25, -0.2) is 4.79 Å². The van der Waals surface area contributed by atoms with E-state index in [1.165, 1.54) is 0 Å². The van der Waals surface area contributed by atoms with Gasteiger partial charge in [0.1, 0.15) is 0 Å². The van der Waals surface area contributed by atoms with Crippen molar-refractivity contribution >= 4 is 19.5 Å². The molecule has 202 valence electrons. The number of aliphatic hydroxyl groups is 4. The molecule has 14 nitrogen and oxygen atoms in total. The van der Waals surface area contributed by atoms with Crippen molar-refractivity contribution in [2.45, 2.75) is 55.7 Å². The van der Waals surface area contributed by atoms with Gasteiger partial charge in [0.05, 0.1) is 50.2 Å². The minimum atomic E-state index is -4.53. The number of rotatable bonds is 12. The fourth-order valence-corrected chi connectivity index (χ4v) is 5.22. The number of carboxylic acid groups (broad SMARTS) is 1. The quantitative estimate of drug-likeness (QED) is 0.135. The van der Waals surface area contributed by atoms with E-state index in [4.69, 9.17) is 14.0 Å². The summed E-state index contributed by atoms with van der Waals surface area (Å²) >= 11 is 0. The molecule has 0 aliphatic carbocycles. The Hall–Kier alpha value is -2.29. The molecule has 36 heavy (non-hydrogen) atoms. The Balaban J connectivity index is 1.53. The standard InChI is InChI=1S/C21H31N2O12P/c1-21(20(29)30,23-17(26)5-11-2-3-15-16(4-11)34-10-33-15)9-35-36(31,32)8-12(25)6-13-18(27)19(28)14(7-24)22-13/h2-4,12-14,18-19,22,24-25,27-28H,5-10H2,1H3,(H,23,26)(H,29,30)(H,31,32)/t12-,13-,14-,18-,19-,21?/m1/s1. The van der Waals surface area contributed by atoms with Gasteiger partial charge in [0.2, 0.25) is 12.7 Å². The molecule has 0 saturated carbocycles. The average molecular weight is 534 g/mol. The lowest BCUT2D eigenvalue weighted by molar-refractivity contribution is -0.148. The zero-order chi connectivity index (χ0) is 26.7. The number of ether oxygens (including phenoxy) is 2. The van der Waals surface area contributed by atoms with Crippen LogP contribution in [0.4, 0.5) is 0 Å². The lowest BCUT2D eigenvalue weighted by Crippen LogP contribution is -2.55. The average Bonchev–Trinajstić information content (AvgIpc) is 3.36. The summed E-state index contributed by atoms with van der Waals surface area (Å²) in [7, 11) is -4.53. The molecule has 8 N–H and O–H groups in total. The van der Waals surface area contributed by atoms with Crippen molar-refractivity contribution in [1.29, 1.82) is 0 Å². The maximum Gasteiger partial charge on any atom is 0.331 e. The molecule has 0 radical (unpaired) electrons. The largest absolute Gasteiger partial charge is 0.479 e. The number of carboxylic acids is 1. The zero-order valence-electron chi connectivity index (χ0n) is 19.4. The second kappa shape index (κ2) is 11.4. The Labute approximate surface area is 206 Å². The first kappa shape index (κ1) is 28.3. The molecule has 1 saturated heterocycles. The van der Waals surface area contributed by atoms with Gasteiger partial charge in [0.15, 0.2) is 17.0 Å². The second-order valence-electron chi connectivity index (χ2n) is 9.08. The Morgan fingerprint density at radius 1 is 1.25 bits per heavy atom. The van der Waals surface area contributed by atoms with Crippen LogP contribution in [0.5, 0.6) is 11.5 Å². The number of fused-ring (bicyclic) bond motifs is 1. The predicted molar refractivity (Wildman–Crippen MR) is 122 cm³/mol. The van der Waals surface area contributed by atoms with E-state index in [9.17, 15) is 44.6 Å². The smallest absolute Gasteiger partial charge is 0.331 e. The van der Waals surface area contributed by atoms with Crippen LogP contribution in [-0.2, 0) is 25.1 Å². The molecule has 1 aromatic carbocycles. The number of aliphatic hydroxyl groups excluding tert-OH is 4. The van der Waals surface area contributed by atoms with Crippen molar-refractivity contribution in [1.82, 2.24) is 10.6 Å². The summed E-state index contributed by atoms with van der Waals surface area (Å²) < 4.78 is 27.9. The van der Waals surface area contributed by atoms with E-state index in [0.717, 1.165) is 6.92 Å². The first-order valence-corrected chi connectivity index (χ1v) is 12.9. The Morgan fingerprint density at radius 3 is 2.56 bits per heavy atom. The van der Waals surface area contributed by atoms with E-state index in [0.29, 0.717) is 17.1 Å². The summed E-state index contributed by atoms with van der Waals surface area (Å²) in [6.07, 6.45) is -5.29. The maximum atomic E-state index is 12.5. The van der Waals surface area contributed by atoms with Crippen LogP contribution in [-0.4, -0.2) is 104 Å². The van der Waals surface area contributed by atoms with Gasteiger partial charge in [-0.3, -0.25) is 9.36 Å². The number of amides is 1. The summed E-state index contributed by atoms with van der Waals surface area (Å²) in [6.45, 7) is -0.164. The molecular weight excluding hydrogens is 503 g/mol. The summed E-state index contributed by atoms with van der Waals surface area (Å²) in [6, 6.07) is 3.14. The molecule has 2 aliphatic rings. The Kier molecular flexibility index (Phi) is 8.96. The minimum Gasteiger partial charge on any atom is -0.479 e. The summed E-state index contributed by atoms with van der Waals surface area (Å²) in [5.74, 6) is -1.23. The van der Waals surface area contributed by atoms with E-state index < -0.39 is 74.8 Å². The molecule has 2 unspecified atom stereocenters. The van der Waals surface area contributed by atoms with Gasteiger partial charge in [-0.15, -0.1) is 0 Å². The van der Waals surface area contributed by atoms with E-state index in [1.54, 1.807) is 18.2 Å². The number of carbonyl (C=O) groups is 2. The fourth-order valence-electron chi connectivity index (χ4n) is 3.97. The van der Waals surface area contributed by atoms with Gasteiger partial charge >= 0.3 is 13.6 Å². The zero-order valence-corrected chi connectivity index (χ0v) is 20.3. The van der Waals surface area contributed by atoms with Crippen LogP contribution < -0.4 is 20.1 Å². The van der Waals surface area contributed by atoms with E-state index >= 15 is 0 Å². The topological polar surface area (TPSA) is 224 Å². The maximum absolute atomic E-state index is 12.5. The molecule has 0 spiro atoms. The van der Waals surface area contributed by atoms with Gasteiger partial charge in [-0.05, 0) is 31.0 Å². The number of nitrogens with one attached hydrogen (secondary N) is 2. The molecule has 3 rings (SSSR count). The highest BCUT2D eigenvalue weighted by molar-refractivity contribution is 7.52. The molecule has 2 aliphatic heterocycles. The molecule has 0 aromatic heterocycles. The molecule has 7 atom stereocenters. The molecule has 1 aromatic rings. The predicted octanol–water partition coefficient (Wildman–Crippen LogP) is -2.08. The van der Waals surface area contributed by atoms with Crippen molar-refractivity contribution in [2.24, 2.45) is 0 Å². The van der Waals surface area contributed by atoms with Crippen LogP contribution in [0.1, 0.15) is 18.9 Å². The highest BCUT2D eigenvalue weighted by atomic mass is 31.2. The van der Waals surface area contributed by atoms with Crippen LogP contribution in [0.25, 0.3) is 0 Å². The van der Waals surface area contributed by atoms with Gasteiger partial charge in [-0.1, -0.05) is 6.07 Å².